The average molecular weight is 246 g/mol. The second-order valence-electron chi connectivity index (χ2n) is 2.95. The Kier molecular flexibility index (Phi) is 3.98. The van der Waals surface area contributed by atoms with Crippen molar-refractivity contribution in [3.63, 3.8) is 0 Å². The maximum Gasteiger partial charge on any atom is 0.183 e. The topological polar surface area (TPSA) is 81.8 Å². The first-order valence-electron chi connectivity index (χ1n) is 4.43. The van der Waals surface area contributed by atoms with Crippen molar-refractivity contribution < 1.29 is 19.4 Å². The van der Waals surface area contributed by atoms with Gasteiger partial charge in [0.05, 0.1) is 20.8 Å². The van der Waals surface area contributed by atoms with Crippen LogP contribution < -0.4 is 15.2 Å². The van der Waals surface area contributed by atoms with Crippen LogP contribution in [0.5, 0.6) is 17.2 Å². The molecule has 5 nitrogen and oxygen atoms in total. The highest BCUT2D eigenvalue weighted by molar-refractivity contribution is 6.34. The van der Waals surface area contributed by atoms with Crippen LogP contribution in [-0.4, -0.2) is 31.7 Å². The number of hydrogen-bond acceptors (Lipinski definition) is 5. The van der Waals surface area contributed by atoms with E-state index in [1.807, 2.05) is 0 Å². The predicted molar refractivity (Wildman–Crippen MR) is 59.6 cm³/mol. The molecule has 0 aliphatic rings. The molecule has 16 heavy (non-hydrogen) atoms. The number of halogens is 1. The SMILES string of the molecule is COc1cc(OC)c(C(=O)CN)c(O)c1Cl. The third-order valence-electron chi connectivity index (χ3n) is 2.07. The number of ketones is 1. The maximum absolute atomic E-state index is 11.5. The fourth-order valence-corrected chi connectivity index (χ4v) is 1.50. The predicted octanol–water partition coefficient (Wildman–Crippen LogP) is 1.20. The van der Waals surface area contributed by atoms with Gasteiger partial charge in [0, 0.05) is 6.07 Å². The van der Waals surface area contributed by atoms with E-state index in [4.69, 9.17) is 26.8 Å². The molecule has 0 aliphatic heterocycles. The van der Waals surface area contributed by atoms with Gasteiger partial charge in [0.25, 0.3) is 0 Å². The number of hydrogen-bond donors (Lipinski definition) is 2. The van der Waals surface area contributed by atoms with Gasteiger partial charge < -0.3 is 20.3 Å². The van der Waals surface area contributed by atoms with Crippen molar-refractivity contribution in [2.45, 2.75) is 0 Å². The van der Waals surface area contributed by atoms with Crippen LogP contribution in [0.15, 0.2) is 6.07 Å². The number of aromatic hydroxyl groups is 1. The summed E-state index contributed by atoms with van der Waals surface area (Å²) in [6.07, 6.45) is 0. The highest BCUT2D eigenvalue weighted by atomic mass is 35.5. The quantitative estimate of drug-likeness (QED) is 0.779. The molecule has 0 heterocycles. The van der Waals surface area contributed by atoms with Crippen molar-refractivity contribution in [3.8, 4) is 17.2 Å². The molecule has 0 fully saturated rings. The van der Waals surface area contributed by atoms with Gasteiger partial charge in [-0.1, -0.05) is 11.6 Å². The number of nitrogens with two attached hydrogens (primary N) is 1. The van der Waals surface area contributed by atoms with Gasteiger partial charge in [-0.25, -0.2) is 0 Å². The molecule has 0 aromatic heterocycles. The molecule has 88 valence electrons. The van der Waals surface area contributed by atoms with Crippen LogP contribution in [0, 0.1) is 0 Å². The van der Waals surface area contributed by atoms with Crippen LogP contribution in [0.3, 0.4) is 0 Å². The van der Waals surface area contributed by atoms with E-state index >= 15 is 0 Å². The number of Topliss-reactive ketones (excluding diaryl/α,β-unsaturated/α-hetero) is 1. The van der Waals surface area contributed by atoms with Gasteiger partial charge in [-0.15, -0.1) is 0 Å². The van der Waals surface area contributed by atoms with Gasteiger partial charge >= 0.3 is 0 Å². The van der Waals surface area contributed by atoms with E-state index < -0.39 is 5.78 Å². The number of ether oxygens (including phenoxy) is 2. The Morgan fingerprint density at radius 2 is 2.00 bits per heavy atom. The zero-order chi connectivity index (χ0) is 12.3. The fourth-order valence-electron chi connectivity index (χ4n) is 1.28. The first-order valence-corrected chi connectivity index (χ1v) is 4.81. The summed E-state index contributed by atoms with van der Waals surface area (Å²) in [4.78, 5) is 11.5. The molecule has 0 atom stereocenters. The highest BCUT2D eigenvalue weighted by Gasteiger charge is 2.22. The average Bonchev–Trinajstić information content (AvgIpc) is 2.31. The van der Waals surface area contributed by atoms with E-state index in [2.05, 4.69) is 0 Å². The molecule has 6 heteroatoms. The van der Waals surface area contributed by atoms with Crippen molar-refractivity contribution >= 4 is 17.4 Å². The first-order chi connectivity index (χ1) is 7.56. The lowest BCUT2D eigenvalue weighted by atomic mass is 10.1. The van der Waals surface area contributed by atoms with Gasteiger partial charge in [-0.05, 0) is 0 Å². The van der Waals surface area contributed by atoms with Gasteiger partial charge in [-0.2, -0.15) is 0 Å². The lowest BCUT2D eigenvalue weighted by molar-refractivity contribution is 0.0995. The summed E-state index contributed by atoms with van der Waals surface area (Å²) in [6.45, 7) is -0.243. The fraction of sp³-hybridized carbons (Fsp3) is 0.300. The Hall–Kier alpha value is -1.46. The second-order valence-corrected chi connectivity index (χ2v) is 3.32. The van der Waals surface area contributed by atoms with Crippen LogP contribution in [0.2, 0.25) is 5.02 Å². The van der Waals surface area contributed by atoms with E-state index in [9.17, 15) is 9.90 Å². The maximum atomic E-state index is 11.5. The molecule has 0 unspecified atom stereocenters. The summed E-state index contributed by atoms with van der Waals surface area (Å²) >= 11 is 5.80. The molecule has 0 radical (unpaired) electrons. The molecule has 0 amide bonds. The Morgan fingerprint density at radius 1 is 1.44 bits per heavy atom. The summed E-state index contributed by atoms with van der Waals surface area (Å²) in [5, 5.41) is 9.71. The minimum atomic E-state index is -0.459. The third-order valence-corrected chi connectivity index (χ3v) is 2.44. The summed E-state index contributed by atoms with van der Waals surface area (Å²) < 4.78 is 9.89. The van der Waals surface area contributed by atoms with E-state index in [1.54, 1.807) is 0 Å². The number of phenols is 1. The number of rotatable bonds is 4. The number of carbonyl (C=O) groups excluding carboxylic acids is 1. The largest absolute Gasteiger partial charge is 0.505 e. The van der Waals surface area contributed by atoms with E-state index in [0.29, 0.717) is 0 Å². The number of methoxy groups -OCH3 is 2. The Labute approximate surface area is 97.7 Å². The summed E-state index contributed by atoms with van der Waals surface area (Å²) in [5.74, 6) is -0.439. The molecule has 1 aromatic carbocycles. The molecule has 0 bridgehead atoms. The van der Waals surface area contributed by atoms with E-state index in [-0.39, 0.29) is 34.4 Å². The van der Waals surface area contributed by atoms with Crippen molar-refractivity contribution in [1.29, 1.82) is 0 Å². The molecular formula is C10H12ClNO4. The molecule has 0 spiro atoms. The van der Waals surface area contributed by atoms with Crippen molar-refractivity contribution in [2.24, 2.45) is 5.73 Å². The van der Waals surface area contributed by atoms with Crippen LogP contribution in [-0.2, 0) is 0 Å². The highest BCUT2D eigenvalue weighted by Crippen LogP contribution is 2.41. The van der Waals surface area contributed by atoms with Crippen LogP contribution in [0.1, 0.15) is 10.4 Å². The van der Waals surface area contributed by atoms with Crippen molar-refractivity contribution in [1.82, 2.24) is 0 Å². The van der Waals surface area contributed by atoms with E-state index in [1.165, 1.54) is 20.3 Å². The zero-order valence-corrected chi connectivity index (χ0v) is 9.67. The van der Waals surface area contributed by atoms with Gasteiger partial charge in [0.15, 0.2) is 11.5 Å². The summed E-state index contributed by atoms with van der Waals surface area (Å²) in [5.41, 5.74) is 5.19. The van der Waals surface area contributed by atoms with Crippen molar-refractivity contribution in [3.05, 3.63) is 16.7 Å². The van der Waals surface area contributed by atoms with Crippen molar-refractivity contribution in [2.75, 3.05) is 20.8 Å². The first kappa shape index (κ1) is 12.6. The summed E-state index contributed by atoms with van der Waals surface area (Å²) in [7, 11) is 2.76. The normalized spacial score (nSPS) is 10.0. The minimum Gasteiger partial charge on any atom is -0.505 e. The molecule has 0 saturated carbocycles. The number of carbonyl (C=O) groups is 1. The number of benzene rings is 1. The van der Waals surface area contributed by atoms with Gasteiger partial charge in [0.1, 0.15) is 22.1 Å². The molecule has 0 saturated heterocycles. The zero-order valence-electron chi connectivity index (χ0n) is 8.91. The summed E-state index contributed by atoms with van der Waals surface area (Å²) in [6, 6.07) is 1.42. The molecule has 0 aliphatic carbocycles. The Bertz CT molecular complexity index is 420. The molecule has 1 aromatic rings. The lowest BCUT2D eigenvalue weighted by Crippen LogP contribution is -2.15. The Morgan fingerprint density at radius 3 is 2.44 bits per heavy atom. The third kappa shape index (κ3) is 2.05. The number of phenolic OH excluding ortho intramolecular Hbond substituents is 1. The molecular weight excluding hydrogens is 234 g/mol. The van der Waals surface area contributed by atoms with Crippen LogP contribution >= 0.6 is 11.6 Å². The monoisotopic (exact) mass is 245 g/mol. The van der Waals surface area contributed by atoms with Gasteiger partial charge in [-0.3, -0.25) is 4.79 Å². The van der Waals surface area contributed by atoms with Gasteiger partial charge in [0.2, 0.25) is 0 Å². The van der Waals surface area contributed by atoms with Crippen LogP contribution in [0.4, 0.5) is 0 Å². The minimum absolute atomic E-state index is 0.0317. The standard InChI is InChI=1S/C10H12ClNO4/c1-15-6-3-7(16-2)9(11)10(14)8(6)5(13)4-12/h3,14H,4,12H2,1-2H3. The second kappa shape index (κ2) is 5.05. The smallest absolute Gasteiger partial charge is 0.183 e. The van der Waals surface area contributed by atoms with Crippen LogP contribution in [0.25, 0.3) is 0 Å². The Balaban J connectivity index is 3.47. The van der Waals surface area contributed by atoms with E-state index in [0.717, 1.165) is 0 Å². The lowest BCUT2D eigenvalue weighted by Gasteiger charge is -2.13. The molecule has 3 N–H and O–H groups in total. The molecule has 1 rings (SSSR count).